The summed E-state index contributed by atoms with van der Waals surface area (Å²) in [5.74, 6) is 1.45. The highest BCUT2D eigenvalue weighted by atomic mass is 16.3. The van der Waals surface area contributed by atoms with Crippen LogP contribution in [0.1, 0.15) is 86.2 Å². The summed E-state index contributed by atoms with van der Waals surface area (Å²) in [7, 11) is 0. The molecule has 8 heteroatoms. The van der Waals surface area contributed by atoms with Gasteiger partial charge in [0.1, 0.15) is 6.29 Å². The van der Waals surface area contributed by atoms with Crippen LogP contribution in [0.15, 0.2) is 36.4 Å². The van der Waals surface area contributed by atoms with Crippen molar-refractivity contribution in [2.45, 2.75) is 89.5 Å². The molecule has 1 unspecified atom stereocenters. The molecule has 1 amide bonds. The molecular formula is C34H40N4O4. The van der Waals surface area contributed by atoms with Gasteiger partial charge in [0, 0.05) is 48.6 Å². The fraction of sp³-hybridized carbons (Fsp3) is 0.500. The van der Waals surface area contributed by atoms with E-state index in [2.05, 4.69) is 40.3 Å². The van der Waals surface area contributed by atoms with E-state index in [1.807, 2.05) is 24.0 Å². The maximum Gasteiger partial charge on any atom is 0.225 e. The molecule has 2 fully saturated rings. The molecule has 2 N–H and O–H groups in total. The molecule has 1 atom stereocenters. The zero-order chi connectivity index (χ0) is 29.2. The van der Waals surface area contributed by atoms with Crippen LogP contribution in [0.5, 0.6) is 0 Å². The molecule has 1 aliphatic carbocycles. The highest BCUT2D eigenvalue weighted by molar-refractivity contribution is 5.93. The number of aromatic nitrogens is 3. The third-order valence-corrected chi connectivity index (χ3v) is 10.0. The summed E-state index contributed by atoms with van der Waals surface area (Å²) in [5, 5.41) is 22.1. The number of nitrogens with zero attached hydrogens (tertiary/aromatic N) is 4. The van der Waals surface area contributed by atoms with Crippen LogP contribution in [0.3, 0.4) is 0 Å². The van der Waals surface area contributed by atoms with Crippen LogP contribution >= 0.6 is 0 Å². The Bertz CT molecular complexity index is 1680. The number of aldehydes is 1. The second kappa shape index (κ2) is 10.3. The van der Waals surface area contributed by atoms with Gasteiger partial charge in [-0.05, 0) is 75.1 Å². The number of aliphatic hydroxyl groups is 2. The number of amides is 1. The summed E-state index contributed by atoms with van der Waals surface area (Å²) in [5.41, 5.74) is 5.60. The van der Waals surface area contributed by atoms with Crippen LogP contribution < -0.4 is 0 Å². The molecule has 3 aliphatic rings. The van der Waals surface area contributed by atoms with E-state index in [0.29, 0.717) is 37.3 Å². The third kappa shape index (κ3) is 4.38. The first-order valence-electron chi connectivity index (χ1n) is 15.6. The van der Waals surface area contributed by atoms with Crippen molar-refractivity contribution in [1.29, 1.82) is 0 Å². The van der Waals surface area contributed by atoms with Crippen molar-refractivity contribution in [1.82, 2.24) is 19.0 Å². The van der Waals surface area contributed by atoms with Crippen molar-refractivity contribution in [2.24, 2.45) is 5.92 Å². The van der Waals surface area contributed by atoms with Gasteiger partial charge >= 0.3 is 0 Å². The fourth-order valence-electron chi connectivity index (χ4n) is 7.52. The van der Waals surface area contributed by atoms with Gasteiger partial charge in [0.25, 0.3) is 0 Å². The Morgan fingerprint density at radius 2 is 1.90 bits per heavy atom. The molecule has 220 valence electrons. The van der Waals surface area contributed by atoms with Crippen molar-refractivity contribution in [3.63, 3.8) is 0 Å². The van der Waals surface area contributed by atoms with E-state index < -0.39 is 5.60 Å². The van der Waals surface area contributed by atoms with E-state index in [-0.39, 0.29) is 17.9 Å². The lowest BCUT2D eigenvalue weighted by molar-refractivity contribution is -0.143. The van der Waals surface area contributed by atoms with E-state index in [0.717, 1.165) is 79.7 Å². The lowest BCUT2D eigenvalue weighted by atomic mass is 9.80. The Morgan fingerprint density at radius 3 is 2.62 bits per heavy atom. The number of para-hydroxylation sites is 1. The number of unbranched alkanes of at least 4 members (excludes halogenated alkanes) is 1. The number of piperidine rings is 1. The van der Waals surface area contributed by atoms with Crippen molar-refractivity contribution in [2.75, 3.05) is 13.1 Å². The Labute approximate surface area is 245 Å². The highest BCUT2D eigenvalue weighted by Gasteiger charge is 2.38. The summed E-state index contributed by atoms with van der Waals surface area (Å²) < 4.78 is 4.67. The molecule has 7 rings (SSSR count). The molecule has 0 spiro atoms. The van der Waals surface area contributed by atoms with Gasteiger partial charge in [-0.2, -0.15) is 0 Å². The number of benzene rings is 2. The van der Waals surface area contributed by atoms with E-state index in [1.165, 1.54) is 16.5 Å². The number of hydrogen-bond donors (Lipinski definition) is 2. The molecule has 2 aromatic heterocycles. The van der Waals surface area contributed by atoms with Gasteiger partial charge < -0.3 is 24.2 Å². The van der Waals surface area contributed by atoms with E-state index in [4.69, 9.17) is 4.98 Å². The lowest BCUT2D eigenvalue weighted by Gasteiger charge is -2.38. The quantitative estimate of drug-likeness (QED) is 0.293. The normalized spacial score (nSPS) is 24.3. The van der Waals surface area contributed by atoms with E-state index in [1.54, 1.807) is 0 Å². The largest absolute Gasteiger partial charge is 0.393 e. The average molecular weight is 569 g/mol. The van der Waals surface area contributed by atoms with Crippen molar-refractivity contribution >= 4 is 34.1 Å². The van der Waals surface area contributed by atoms with Gasteiger partial charge in [-0.3, -0.25) is 9.59 Å². The first-order chi connectivity index (χ1) is 20.3. The first kappa shape index (κ1) is 27.3. The smallest absolute Gasteiger partial charge is 0.225 e. The van der Waals surface area contributed by atoms with Gasteiger partial charge in [-0.1, -0.05) is 31.5 Å². The Morgan fingerprint density at radius 1 is 1.12 bits per heavy atom. The van der Waals surface area contributed by atoms with Gasteiger partial charge in [0.2, 0.25) is 5.91 Å². The molecule has 8 nitrogen and oxygen atoms in total. The summed E-state index contributed by atoms with van der Waals surface area (Å²) >= 11 is 0. The molecule has 42 heavy (non-hydrogen) atoms. The molecule has 2 aliphatic heterocycles. The summed E-state index contributed by atoms with van der Waals surface area (Å²) in [6.07, 6.45) is 6.26. The maximum absolute atomic E-state index is 12.9. The van der Waals surface area contributed by atoms with Gasteiger partial charge in [-0.15, -0.1) is 0 Å². The molecule has 1 saturated heterocycles. The number of carbonyl (C=O) groups excluding carboxylic acids is 2. The molecule has 1 saturated carbocycles. The molecule has 4 aromatic rings. The van der Waals surface area contributed by atoms with Crippen LogP contribution in [0.4, 0.5) is 0 Å². The topological polar surface area (TPSA) is 101 Å². The monoisotopic (exact) mass is 568 g/mol. The number of aryl methyl sites for hydroxylation is 2. The molecular weight excluding hydrogens is 528 g/mol. The van der Waals surface area contributed by atoms with Crippen molar-refractivity contribution in [3.8, 4) is 11.5 Å². The SMILES string of the molecule is CCCCn1c(-c2nc3cc(C=O)cc4c3n2CCC4(C)O)cc2cccc(C3CCN(C(=O)C4CC(O)C4)CC3)c21. The second-order valence-corrected chi connectivity index (χ2v) is 12.9. The minimum absolute atomic E-state index is 0.00765. The van der Waals surface area contributed by atoms with E-state index >= 15 is 0 Å². The Kier molecular flexibility index (Phi) is 6.74. The lowest BCUT2D eigenvalue weighted by Crippen LogP contribution is -2.46. The number of rotatable bonds is 7. The van der Waals surface area contributed by atoms with Gasteiger partial charge in [-0.25, -0.2) is 4.98 Å². The van der Waals surface area contributed by atoms with Crippen LogP contribution in [0, 0.1) is 5.92 Å². The van der Waals surface area contributed by atoms with Crippen LogP contribution in [-0.2, 0) is 23.5 Å². The van der Waals surface area contributed by atoms with Crippen molar-refractivity contribution in [3.05, 3.63) is 53.1 Å². The number of imidazole rings is 1. The van der Waals surface area contributed by atoms with Gasteiger partial charge in [0.05, 0.1) is 33.9 Å². The molecule has 2 aromatic carbocycles. The van der Waals surface area contributed by atoms with Gasteiger partial charge in [0.15, 0.2) is 5.82 Å². The third-order valence-electron chi connectivity index (χ3n) is 10.0. The summed E-state index contributed by atoms with van der Waals surface area (Å²) in [4.78, 5) is 31.8. The predicted molar refractivity (Wildman–Crippen MR) is 162 cm³/mol. The molecule has 0 bridgehead atoms. The summed E-state index contributed by atoms with van der Waals surface area (Å²) in [6, 6.07) is 12.5. The minimum atomic E-state index is -1.01. The van der Waals surface area contributed by atoms with Crippen LogP contribution in [0.2, 0.25) is 0 Å². The maximum atomic E-state index is 12.9. The Hall–Kier alpha value is -3.49. The number of carbonyl (C=O) groups is 2. The first-order valence-corrected chi connectivity index (χ1v) is 15.6. The Balaban J connectivity index is 1.30. The second-order valence-electron chi connectivity index (χ2n) is 12.9. The zero-order valence-corrected chi connectivity index (χ0v) is 24.6. The molecule has 0 radical (unpaired) electrons. The number of fused-ring (bicyclic) bond motifs is 1. The zero-order valence-electron chi connectivity index (χ0n) is 24.6. The van der Waals surface area contributed by atoms with Crippen LogP contribution in [0.25, 0.3) is 33.5 Å². The number of hydrogen-bond acceptors (Lipinski definition) is 5. The standard InChI is InChI=1S/C34H40N4O4/c1-3-4-11-37-29(32-35-28-16-21(20-39)15-27-31(28)38(32)14-10-34(27,2)42)19-23-6-5-7-26(30(23)37)22-8-12-36(13-9-22)33(41)24-17-25(40)18-24/h5-7,15-16,19-20,22,24-25,40,42H,3-4,8-14,17-18H2,1-2H3. The fourth-order valence-corrected chi connectivity index (χ4v) is 7.52. The minimum Gasteiger partial charge on any atom is -0.393 e. The number of aliphatic hydroxyl groups excluding tert-OH is 1. The average Bonchev–Trinajstić information content (AvgIpc) is 3.54. The molecule has 4 heterocycles. The number of likely N-dealkylation sites (tertiary alicyclic amines) is 1. The highest BCUT2D eigenvalue weighted by Crippen LogP contribution is 2.42. The van der Waals surface area contributed by atoms with Crippen molar-refractivity contribution < 1.29 is 19.8 Å². The summed E-state index contributed by atoms with van der Waals surface area (Å²) in [6.45, 7) is 7.08. The van der Waals surface area contributed by atoms with Crippen LogP contribution in [-0.4, -0.2) is 60.6 Å². The predicted octanol–water partition coefficient (Wildman–Crippen LogP) is 5.36. The van der Waals surface area contributed by atoms with E-state index in [9.17, 15) is 19.8 Å².